The molecule has 0 aliphatic carbocycles. The molecule has 0 fully saturated rings. The van der Waals surface area contributed by atoms with Crippen LogP contribution in [-0.2, 0) is 14.8 Å². The van der Waals surface area contributed by atoms with E-state index >= 15 is 0 Å². The largest absolute Gasteiger partial charge is 0.496 e. The summed E-state index contributed by atoms with van der Waals surface area (Å²) >= 11 is 3.87. The van der Waals surface area contributed by atoms with E-state index in [1.165, 1.54) is 23.1 Å². The van der Waals surface area contributed by atoms with Crippen LogP contribution in [0.15, 0.2) is 111 Å². The SMILES string of the molecule is COc1ccccc1-c1csc(NC(=O)C(Sc2ccc(NS(=O)(=O)c3cccs3)cc2)c2ccccc2)n1. The number of sulfonamides is 1. The molecule has 0 aliphatic heterocycles. The Kier molecular flexibility index (Phi) is 8.32. The van der Waals surface area contributed by atoms with Crippen molar-refractivity contribution >= 4 is 61.2 Å². The number of hydrogen-bond donors (Lipinski definition) is 2. The molecule has 5 rings (SSSR count). The number of ether oxygens (including phenoxy) is 1. The number of rotatable bonds is 10. The lowest BCUT2D eigenvalue weighted by Crippen LogP contribution is -2.19. The van der Waals surface area contributed by atoms with Gasteiger partial charge in [-0.15, -0.1) is 34.4 Å². The minimum absolute atomic E-state index is 0.213. The van der Waals surface area contributed by atoms with Gasteiger partial charge in [0.1, 0.15) is 15.2 Å². The Balaban J connectivity index is 1.33. The summed E-state index contributed by atoms with van der Waals surface area (Å²) in [4.78, 5) is 18.9. The van der Waals surface area contributed by atoms with Crippen LogP contribution in [-0.4, -0.2) is 26.4 Å². The average molecular weight is 594 g/mol. The first kappa shape index (κ1) is 26.9. The van der Waals surface area contributed by atoms with Gasteiger partial charge in [-0.25, -0.2) is 13.4 Å². The highest BCUT2D eigenvalue weighted by atomic mass is 32.2. The average Bonchev–Trinajstić information content (AvgIpc) is 3.66. The summed E-state index contributed by atoms with van der Waals surface area (Å²) in [6, 6.07) is 27.3. The van der Waals surface area contributed by atoms with Gasteiger partial charge in [0.25, 0.3) is 10.0 Å². The van der Waals surface area contributed by atoms with Crippen LogP contribution < -0.4 is 14.8 Å². The van der Waals surface area contributed by atoms with Crippen molar-refractivity contribution < 1.29 is 17.9 Å². The second-order valence-corrected chi connectivity index (χ2v) is 13.1. The number of carbonyl (C=O) groups is 1. The van der Waals surface area contributed by atoms with Crippen LogP contribution in [0.3, 0.4) is 0 Å². The number of benzene rings is 3. The fourth-order valence-corrected chi connectivity index (χ4v) is 7.53. The lowest BCUT2D eigenvalue weighted by molar-refractivity contribution is -0.115. The highest BCUT2D eigenvalue weighted by Crippen LogP contribution is 2.38. The molecule has 2 heterocycles. The minimum atomic E-state index is -3.64. The predicted molar refractivity (Wildman–Crippen MR) is 159 cm³/mol. The molecule has 0 saturated heterocycles. The first-order valence-corrected chi connectivity index (χ1v) is 15.8. The van der Waals surface area contributed by atoms with Gasteiger partial charge in [0.2, 0.25) is 5.91 Å². The number of thiophene rings is 1. The molecule has 1 atom stereocenters. The van der Waals surface area contributed by atoms with Crippen LogP contribution in [0.2, 0.25) is 0 Å². The zero-order valence-corrected chi connectivity index (χ0v) is 23.9. The number of thioether (sulfide) groups is 1. The zero-order valence-electron chi connectivity index (χ0n) is 20.6. The summed E-state index contributed by atoms with van der Waals surface area (Å²) < 4.78 is 33.3. The molecule has 1 unspecified atom stereocenters. The van der Waals surface area contributed by atoms with Crippen molar-refractivity contribution in [2.75, 3.05) is 17.1 Å². The van der Waals surface area contributed by atoms with E-state index in [0.717, 1.165) is 33.1 Å². The molecule has 1 amide bonds. The maximum Gasteiger partial charge on any atom is 0.271 e. The van der Waals surface area contributed by atoms with E-state index in [1.54, 1.807) is 48.9 Å². The molecule has 2 N–H and O–H groups in total. The van der Waals surface area contributed by atoms with Crippen molar-refractivity contribution in [2.24, 2.45) is 0 Å². The van der Waals surface area contributed by atoms with Gasteiger partial charge < -0.3 is 10.1 Å². The Morgan fingerprint density at radius 1 is 0.923 bits per heavy atom. The predicted octanol–water partition coefficient (Wildman–Crippen LogP) is 7.15. The Bertz CT molecular complexity index is 1650. The van der Waals surface area contributed by atoms with Gasteiger partial charge in [0, 0.05) is 21.5 Å². The number of nitrogens with zero attached hydrogens (tertiary/aromatic N) is 1. The van der Waals surface area contributed by atoms with E-state index in [4.69, 9.17) is 4.74 Å². The molecule has 198 valence electrons. The van der Waals surface area contributed by atoms with Gasteiger partial charge in [-0.2, -0.15) is 0 Å². The van der Waals surface area contributed by atoms with E-state index in [-0.39, 0.29) is 10.1 Å². The number of anilines is 2. The standard InChI is InChI=1S/C28H23N3O4S4/c1-35-24-11-6-5-10-22(24)23-18-37-28(29-23)30-27(32)26(19-8-3-2-4-9-19)38-21-15-13-20(14-16-21)31-39(33,34)25-12-7-17-36-25/h2-18,26,31H,1H3,(H,29,30,32). The van der Waals surface area contributed by atoms with Gasteiger partial charge in [0.05, 0.1) is 12.8 Å². The van der Waals surface area contributed by atoms with Crippen LogP contribution in [0.5, 0.6) is 5.75 Å². The third-order valence-corrected chi connectivity index (χ3v) is 10.4. The Labute approximate surface area is 239 Å². The van der Waals surface area contributed by atoms with Crippen LogP contribution in [0.4, 0.5) is 10.8 Å². The second-order valence-electron chi connectivity index (χ2n) is 8.20. The number of thiazole rings is 1. The molecular weight excluding hydrogens is 571 g/mol. The van der Waals surface area contributed by atoms with Crippen molar-refractivity contribution in [3.63, 3.8) is 0 Å². The van der Waals surface area contributed by atoms with E-state index in [0.29, 0.717) is 16.6 Å². The summed E-state index contributed by atoms with van der Waals surface area (Å²) in [5.41, 5.74) is 2.85. The van der Waals surface area contributed by atoms with Gasteiger partial charge in [-0.1, -0.05) is 48.5 Å². The van der Waals surface area contributed by atoms with Crippen LogP contribution >= 0.6 is 34.4 Å². The van der Waals surface area contributed by atoms with Crippen molar-refractivity contribution in [1.29, 1.82) is 0 Å². The van der Waals surface area contributed by atoms with Gasteiger partial charge >= 0.3 is 0 Å². The highest BCUT2D eigenvalue weighted by molar-refractivity contribution is 8.00. The molecule has 0 radical (unpaired) electrons. The summed E-state index contributed by atoms with van der Waals surface area (Å²) in [6.07, 6.45) is 0. The summed E-state index contributed by atoms with van der Waals surface area (Å²) in [7, 11) is -2.02. The number of nitrogens with one attached hydrogen (secondary N) is 2. The summed E-state index contributed by atoms with van der Waals surface area (Å²) in [5.74, 6) is 0.495. The molecule has 0 bridgehead atoms. The highest BCUT2D eigenvalue weighted by Gasteiger charge is 2.24. The molecule has 0 saturated carbocycles. The Morgan fingerprint density at radius 3 is 2.38 bits per heavy atom. The first-order chi connectivity index (χ1) is 18.9. The van der Waals surface area contributed by atoms with Crippen molar-refractivity contribution in [3.05, 3.63) is 107 Å². The number of methoxy groups -OCH3 is 1. The maximum atomic E-state index is 13.5. The number of amides is 1. The summed E-state index contributed by atoms with van der Waals surface area (Å²) in [5, 5.41) is 6.49. The van der Waals surface area contributed by atoms with Gasteiger partial charge in [0.15, 0.2) is 5.13 Å². The van der Waals surface area contributed by atoms with Gasteiger partial charge in [-0.05, 0) is 53.4 Å². The monoisotopic (exact) mass is 593 g/mol. The molecule has 39 heavy (non-hydrogen) atoms. The first-order valence-electron chi connectivity index (χ1n) is 11.7. The molecule has 7 nitrogen and oxygen atoms in total. The molecule has 0 aliphatic rings. The Morgan fingerprint density at radius 2 is 1.67 bits per heavy atom. The minimum Gasteiger partial charge on any atom is -0.496 e. The smallest absolute Gasteiger partial charge is 0.271 e. The number of para-hydroxylation sites is 1. The maximum absolute atomic E-state index is 13.5. The molecule has 5 aromatic rings. The topological polar surface area (TPSA) is 97.4 Å². The normalized spacial score (nSPS) is 12.0. The van der Waals surface area contributed by atoms with E-state index in [2.05, 4.69) is 15.0 Å². The van der Waals surface area contributed by atoms with Crippen molar-refractivity contribution in [1.82, 2.24) is 4.98 Å². The molecule has 0 spiro atoms. The van der Waals surface area contributed by atoms with Crippen LogP contribution in [0.25, 0.3) is 11.3 Å². The van der Waals surface area contributed by atoms with Crippen LogP contribution in [0.1, 0.15) is 10.8 Å². The van der Waals surface area contributed by atoms with Crippen molar-refractivity contribution in [3.8, 4) is 17.0 Å². The van der Waals surface area contributed by atoms with E-state index in [1.807, 2.05) is 60.0 Å². The third-order valence-electron chi connectivity index (χ3n) is 5.58. The zero-order chi connectivity index (χ0) is 27.2. The summed E-state index contributed by atoms with van der Waals surface area (Å²) in [6.45, 7) is 0. The number of aromatic nitrogens is 1. The molecule has 3 aromatic carbocycles. The third kappa shape index (κ3) is 6.51. The fraction of sp³-hybridized carbons (Fsp3) is 0.0714. The molecule has 2 aromatic heterocycles. The van der Waals surface area contributed by atoms with Crippen molar-refractivity contribution in [2.45, 2.75) is 14.4 Å². The lowest BCUT2D eigenvalue weighted by atomic mass is 10.1. The number of hydrogen-bond acceptors (Lipinski definition) is 8. The fourth-order valence-electron chi connectivity index (χ4n) is 3.74. The Hall–Kier alpha value is -3.64. The van der Waals surface area contributed by atoms with Crippen LogP contribution in [0, 0.1) is 0 Å². The molecular formula is C28H23N3O4S4. The van der Waals surface area contributed by atoms with Gasteiger partial charge in [-0.3, -0.25) is 9.52 Å². The van der Waals surface area contributed by atoms with E-state index in [9.17, 15) is 13.2 Å². The lowest BCUT2D eigenvalue weighted by Gasteiger charge is -2.16. The molecule has 11 heteroatoms. The number of carbonyl (C=O) groups excluding carboxylic acids is 1. The quantitative estimate of drug-likeness (QED) is 0.167. The second kappa shape index (κ2) is 12.0. The van der Waals surface area contributed by atoms with E-state index < -0.39 is 15.3 Å².